The van der Waals surface area contributed by atoms with E-state index in [-0.39, 0.29) is 4.90 Å². The van der Waals surface area contributed by atoms with Gasteiger partial charge in [0.15, 0.2) is 5.58 Å². The molecule has 0 aliphatic rings. The Morgan fingerprint density at radius 2 is 2.14 bits per heavy atom. The van der Waals surface area contributed by atoms with E-state index >= 15 is 0 Å². The molecule has 0 bridgehead atoms. The monoisotopic (exact) mass is 276 g/mol. The zero-order valence-electron chi connectivity index (χ0n) is 6.77. The van der Waals surface area contributed by atoms with E-state index in [9.17, 15) is 8.42 Å². The van der Waals surface area contributed by atoms with Crippen LogP contribution in [0.3, 0.4) is 0 Å². The topological polar surface area (TPSA) is 86.2 Å². The van der Waals surface area contributed by atoms with Crippen molar-refractivity contribution in [2.45, 2.75) is 4.90 Å². The minimum absolute atomic E-state index is 0.0193. The fourth-order valence-corrected chi connectivity index (χ4v) is 1.96. The van der Waals surface area contributed by atoms with E-state index in [2.05, 4.69) is 20.9 Å². The van der Waals surface area contributed by atoms with Crippen LogP contribution in [-0.2, 0) is 10.0 Å². The third kappa shape index (κ3) is 1.66. The third-order valence-corrected chi connectivity index (χ3v) is 2.91. The van der Waals surface area contributed by atoms with Crippen molar-refractivity contribution < 1.29 is 12.8 Å². The van der Waals surface area contributed by atoms with Crippen LogP contribution in [0.4, 0.5) is 0 Å². The van der Waals surface area contributed by atoms with Crippen LogP contribution in [0.25, 0.3) is 11.1 Å². The van der Waals surface area contributed by atoms with Crippen LogP contribution < -0.4 is 5.14 Å². The molecule has 0 saturated heterocycles. The second kappa shape index (κ2) is 3.04. The maximum absolute atomic E-state index is 11.0. The molecule has 0 amide bonds. The van der Waals surface area contributed by atoms with Crippen LogP contribution in [0.5, 0.6) is 0 Å². The Balaban J connectivity index is 2.74. The lowest BCUT2D eigenvalue weighted by atomic mass is 10.3. The lowest BCUT2D eigenvalue weighted by Gasteiger charge is -1.95. The van der Waals surface area contributed by atoms with Crippen molar-refractivity contribution in [2.75, 3.05) is 0 Å². The number of oxazole rings is 1. The van der Waals surface area contributed by atoms with E-state index in [1.807, 2.05) is 0 Å². The van der Waals surface area contributed by atoms with E-state index in [1.165, 1.54) is 18.2 Å². The van der Waals surface area contributed by atoms with Gasteiger partial charge < -0.3 is 4.42 Å². The predicted molar refractivity (Wildman–Crippen MR) is 53.1 cm³/mol. The molecule has 1 aromatic heterocycles. The summed E-state index contributed by atoms with van der Waals surface area (Å²) in [5, 5.41) is 4.96. The van der Waals surface area contributed by atoms with Crippen molar-refractivity contribution in [2.24, 2.45) is 5.14 Å². The molecule has 7 heteroatoms. The van der Waals surface area contributed by atoms with Gasteiger partial charge in [0, 0.05) is 15.9 Å². The first kappa shape index (κ1) is 9.63. The van der Waals surface area contributed by atoms with Gasteiger partial charge in [0.1, 0.15) is 5.52 Å². The molecule has 5 nitrogen and oxygen atoms in total. The average Bonchev–Trinajstić information content (AvgIpc) is 2.41. The Morgan fingerprint density at radius 1 is 1.43 bits per heavy atom. The second-order valence-electron chi connectivity index (χ2n) is 2.64. The molecule has 2 rings (SSSR count). The summed E-state index contributed by atoms with van der Waals surface area (Å²) in [7, 11) is -3.68. The quantitative estimate of drug-likeness (QED) is 0.849. The van der Waals surface area contributed by atoms with Gasteiger partial charge in [-0.05, 0) is 18.2 Å². The van der Waals surface area contributed by atoms with Gasteiger partial charge in [-0.1, -0.05) is 0 Å². The highest BCUT2D eigenvalue weighted by atomic mass is 79.9. The number of nitrogens with zero attached hydrogens (tertiary/aromatic N) is 1. The van der Waals surface area contributed by atoms with Gasteiger partial charge in [-0.2, -0.15) is 0 Å². The molecule has 0 spiro atoms. The molecule has 0 unspecified atom stereocenters. The zero-order valence-corrected chi connectivity index (χ0v) is 9.17. The molecule has 0 radical (unpaired) electrons. The number of hydrogen-bond acceptors (Lipinski definition) is 4. The number of hydrogen-bond donors (Lipinski definition) is 1. The molecule has 1 heterocycles. The normalized spacial score (nSPS) is 12.1. The van der Waals surface area contributed by atoms with Crippen LogP contribution >= 0.6 is 15.9 Å². The van der Waals surface area contributed by atoms with E-state index in [0.29, 0.717) is 15.9 Å². The summed E-state index contributed by atoms with van der Waals surface area (Å²) in [5.41, 5.74) is 0.952. The Morgan fingerprint density at radius 3 is 2.79 bits per heavy atom. The summed E-state index contributed by atoms with van der Waals surface area (Å²) in [5.74, 6) is 0. The molecule has 2 aromatic rings. The lowest BCUT2D eigenvalue weighted by Crippen LogP contribution is -2.11. The molecule has 0 fully saturated rings. The van der Waals surface area contributed by atoms with Gasteiger partial charge >= 0.3 is 0 Å². The SMILES string of the molecule is NS(=O)(=O)c1ccc2oc(Br)nc2c1. The van der Waals surface area contributed by atoms with Crippen molar-refractivity contribution in [1.29, 1.82) is 0 Å². The minimum Gasteiger partial charge on any atom is -0.431 e. The highest BCUT2D eigenvalue weighted by Crippen LogP contribution is 2.21. The van der Waals surface area contributed by atoms with Crippen molar-refractivity contribution in [3.63, 3.8) is 0 Å². The number of sulfonamides is 1. The van der Waals surface area contributed by atoms with E-state index in [4.69, 9.17) is 9.56 Å². The van der Waals surface area contributed by atoms with E-state index in [0.717, 1.165) is 0 Å². The number of rotatable bonds is 1. The first-order valence-electron chi connectivity index (χ1n) is 3.56. The van der Waals surface area contributed by atoms with E-state index < -0.39 is 10.0 Å². The van der Waals surface area contributed by atoms with Crippen molar-refractivity contribution in [3.05, 3.63) is 23.0 Å². The highest BCUT2D eigenvalue weighted by Gasteiger charge is 2.10. The summed E-state index contributed by atoms with van der Waals surface area (Å²) in [6.07, 6.45) is 0. The van der Waals surface area contributed by atoms with Gasteiger partial charge in [0.05, 0.1) is 4.90 Å². The Hall–Kier alpha value is -0.920. The first-order chi connectivity index (χ1) is 6.47. The molecule has 0 aliphatic carbocycles. The van der Waals surface area contributed by atoms with Crippen molar-refractivity contribution in [1.82, 2.24) is 4.98 Å². The molecule has 2 N–H and O–H groups in total. The summed E-state index contributed by atoms with van der Waals surface area (Å²) in [6.45, 7) is 0. The summed E-state index contributed by atoms with van der Waals surface area (Å²) in [4.78, 5) is 4.24. The third-order valence-electron chi connectivity index (χ3n) is 1.66. The van der Waals surface area contributed by atoms with Crippen LogP contribution in [0, 0.1) is 0 Å². The van der Waals surface area contributed by atoms with Crippen molar-refractivity contribution in [3.8, 4) is 0 Å². The van der Waals surface area contributed by atoms with Gasteiger partial charge in [-0.25, -0.2) is 18.5 Å². The largest absolute Gasteiger partial charge is 0.431 e. The van der Waals surface area contributed by atoms with E-state index in [1.54, 1.807) is 0 Å². The molecule has 0 saturated carbocycles. The highest BCUT2D eigenvalue weighted by molar-refractivity contribution is 9.10. The van der Waals surface area contributed by atoms with Crippen molar-refractivity contribution >= 4 is 37.1 Å². The number of nitrogens with two attached hydrogens (primary N) is 1. The number of benzene rings is 1. The Kier molecular flexibility index (Phi) is 2.09. The number of primary sulfonamides is 1. The maximum atomic E-state index is 11.0. The zero-order chi connectivity index (χ0) is 10.3. The summed E-state index contributed by atoms with van der Waals surface area (Å²) in [6, 6.07) is 4.24. The minimum atomic E-state index is -3.68. The number of fused-ring (bicyclic) bond motifs is 1. The standard InChI is InChI=1S/C7H5BrN2O3S/c8-7-10-5-3-4(14(9,11)12)1-2-6(5)13-7/h1-3H,(H2,9,11,12). The maximum Gasteiger partial charge on any atom is 0.265 e. The fraction of sp³-hybridized carbons (Fsp3) is 0. The van der Waals surface area contributed by atoms with Crippen LogP contribution in [0.2, 0.25) is 0 Å². The summed E-state index contributed by atoms with van der Waals surface area (Å²) < 4.78 is 27.1. The number of aromatic nitrogens is 1. The van der Waals surface area contributed by atoms with Crippen LogP contribution in [0.1, 0.15) is 0 Å². The molecular weight excluding hydrogens is 272 g/mol. The molecule has 0 atom stereocenters. The second-order valence-corrected chi connectivity index (χ2v) is 4.88. The van der Waals surface area contributed by atoms with Crippen LogP contribution in [-0.4, -0.2) is 13.4 Å². The first-order valence-corrected chi connectivity index (χ1v) is 5.89. The molecule has 74 valence electrons. The molecular formula is C7H5BrN2O3S. The summed E-state index contributed by atoms with van der Waals surface area (Å²) >= 11 is 3.04. The van der Waals surface area contributed by atoms with Gasteiger partial charge in [-0.3, -0.25) is 0 Å². The van der Waals surface area contributed by atoms with Gasteiger partial charge in [0.2, 0.25) is 10.0 Å². The Labute approximate surface area is 88.1 Å². The predicted octanol–water partition coefficient (Wildman–Crippen LogP) is 1.24. The molecule has 14 heavy (non-hydrogen) atoms. The smallest absolute Gasteiger partial charge is 0.265 e. The average molecular weight is 277 g/mol. The fourth-order valence-electron chi connectivity index (χ4n) is 1.06. The van der Waals surface area contributed by atoms with Crippen LogP contribution in [0.15, 0.2) is 32.3 Å². The van der Waals surface area contributed by atoms with Gasteiger partial charge in [0.25, 0.3) is 4.80 Å². The molecule has 0 aliphatic heterocycles. The lowest BCUT2D eigenvalue weighted by molar-refractivity contribution is 0.570. The molecule has 1 aromatic carbocycles. The Bertz CT molecular complexity index is 590. The number of halogens is 1. The van der Waals surface area contributed by atoms with Gasteiger partial charge in [-0.15, -0.1) is 0 Å².